The lowest BCUT2D eigenvalue weighted by Gasteiger charge is -2.26. The third-order valence-corrected chi connectivity index (χ3v) is 3.66. The van der Waals surface area contributed by atoms with Gasteiger partial charge in [-0.1, -0.05) is 25.1 Å². The van der Waals surface area contributed by atoms with Crippen LogP contribution in [-0.4, -0.2) is 50.9 Å². The number of rotatable bonds is 7. The first-order chi connectivity index (χ1) is 9.81. The first kappa shape index (κ1) is 15.3. The van der Waals surface area contributed by atoms with Crippen LogP contribution in [0.25, 0.3) is 0 Å². The number of para-hydroxylation sites is 1. The Balaban J connectivity index is 1.85. The van der Waals surface area contributed by atoms with Gasteiger partial charge in [0.15, 0.2) is 0 Å². The van der Waals surface area contributed by atoms with Crippen LogP contribution in [0.2, 0.25) is 0 Å². The fraction of sp³-hybridized carbons (Fsp3) is 0.625. The Bertz CT molecular complexity index is 392. The number of hydrogen-bond acceptors (Lipinski definition) is 4. The second kappa shape index (κ2) is 8.25. The fourth-order valence-corrected chi connectivity index (χ4v) is 2.50. The highest BCUT2D eigenvalue weighted by Gasteiger charge is 2.12. The van der Waals surface area contributed by atoms with E-state index in [1.807, 2.05) is 6.07 Å². The zero-order valence-electron chi connectivity index (χ0n) is 12.6. The van der Waals surface area contributed by atoms with Crippen molar-refractivity contribution < 1.29 is 9.47 Å². The molecule has 112 valence electrons. The zero-order valence-corrected chi connectivity index (χ0v) is 12.6. The predicted molar refractivity (Wildman–Crippen MR) is 81.3 cm³/mol. The van der Waals surface area contributed by atoms with Gasteiger partial charge in [-0.15, -0.1) is 0 Å². The van der Waals surface area contributed by atoms with Gasteiger partial charge in [0.2, 0.25) is 0 Å². The van der Waals surface area contributed by atoms with Crippen molar-refractivity contribution in [1.29, 1.82) is 0 Å². The molecule has 4 nitrogen and oxygen atoms in total. The molecule has 1 unspecified atom stereocenters. The molecule has 20 heavy (non-hydrogen) atoms. The highest BCUT2D eigenvalue weighted by atomic mass is 16.5. The van der Waals surface area contributed by atoms with Crippen LogP contribution < -0.4 is 10.1 Å². The SMILES string of the molecule is CCNC(C)c1ccccc1OCCN1CCOCC1. The van der Waals surface area contributed by atoms with Gasteiger partial charge in [0.25, 0.3) is 0 Å². The Kier molecular flexibility index (Phi) is 6.30. The van der Waals surface area contributed by atoms with E-state index in [2.05, 4.69) is 42.3 Å². The maximum atomic E-state index is 5.98. The van der Waals surface area contributed by atoms with E-state index < -0.39 is 0 Å². The summed E-state index contributed by atoms with van der Waals surface area (Å²) in [5.41, 5.74) is 1.23. The molecule has 1 aliphatic rings. The van der Waals surface area contributed by atoms with Crippen LogP contribution >= 0.6 is 0 Å². The minimum Gasteiger partial charge on any atom is -0.492 e. The van der Waals surface area contributed by atoms with Crippen LogP contribution in [0.5, 0.6) is 5.75 Å². The molecule has 0 bridgehead atoms. The highest BCUT2D eigenvalue weighted by molar-refractivity contribution is 5.35. The largest absolute Gasteiger partial charge is 0.492 e. The molecule has 0 saturated carbocycles. The number of nitrogens with zero attached hydrogens (tertiary/aromatic N) is 1. The van der Waals surface area contributed by atoms with E-state index in [1.165, 1.54) is 5.56 Å². The normalized spacial score (nSPS) is 17.9. The van der Waals surface area contributed by atoms with Gasteiger partial charge in [-0.25, -0.2) is 0 Å². The van der Waals surface area contributed by atoms with Gasteiger partial charge in [-0.3, -0.25) is 4.90 Å². The summed E-state index contributed by atoms with van der Waals surface area (Å²) in [5, 5.41) is 3.44. The molecule has 1 N–H and O–H groups in total. The van der Waals surface area contributed by atoms with E-state index in [0.717, 1.165) is 51.7 Å². The smallest absolute Gasteiger partial charge is 0.124 e. The van der Waals surface area contributed by atoms with Crippen molar-refractivity contribution in [1.82, 2.24) is 10.2 Å². The van der Waals surface area contributed by atoms with Gasteiger partial charge in [0, 0.05) is 31.2 Å². The Morgan fingerprint density at radius 1 is 1.30 bits per heavy atom. The standard InChI is InChI=1S/C16H26N2O2/c1-3-17-14(2)15-6-4-5-7-16(15)20-13-10-18-8-11-19-12-9-18/h4-7,14,17H,3,8-13H2,1-2H3. The molecule has 0 amide bonds. The van der Waals surface area contributed by atoms with Crippen molar-refractivity contribution in [2.45, 2.75) is 19.9 Å². The Morgan fingerprint density at radius 2 is 2.05 bits per heavy atom. The fourth-order valence-electron chi connectivity index (χ4n) is 2.50. The van der Waals surface area contributed by atoms with Crippen molar-refractivity contribution in [2.24, 2.45) is 0 Å². The maximum Gasteiger partial charge on any atom is 0.124 e. The molecule has 1 aliphatic heterocycles. The second-order valence-electron chi connectivity index (χ2n) is 5.12. The summed E-state index contributed by atoms with van der Waals surface area (Å²) in [6.07, 6.45) is 0. The summed E-state index contributed by atoms with van der Waals surface area (Å²) in [6, 6.07) is 8.61. The van der Waals surface area contributed by atoms with Crippen molar-refractivity contribution in [3.05, 3.63) is 29.8 Å². The monoisotopic (exact) mass is 278 g/mol. The van der Waals surface area contributed by atoms with E-state index in [0.29, 0.717) is 6.04 Å². The quantitative estimate of drug-likeness (QED) is 0.828. The molecular weight excluding hydrogens is 252 g/mol. The second-order valence-corrected chi connectivity index (χ2v) is 5.12. The average molecular weight is 278 g/mol. The van der Waals surface area contributed by atoms with Gasteiger partial charge in [-0.2, -0.15) is 0 Å². The van der Waals surface area contributed by atoms with Crippen molar-refractivity contribution in [2.75, 3.05) is 46.0 Å². The lowest BCUT2D eigenvalue weighted by atomic mass is 10.1. The van der Waals surface area contributed by atoms with Gasteiger partial charge in [-0.05, 0) is 19.5 Å². The van der Waals surface area contributed by atoms with E-state index in [-0.39, 0.29) is 0 Å². The number of ether oxygens (including phenoxy) is 2. The van der Waals surface area contributed by atoms with Gasteiger partial charge in [0.05, 0.1) is 13.2 Å². The Hall–Kier alpha value is -1.10. The molecule has 1 fully saturated rings. The van der Waals surface area contributed by atoms with Crippen LogP contribution in [0, 0.1) is 0 Å². The van der Waals surface area contributed by atoms with E-state index >= 15 is 0 Å². The molecular formula is C16H26N2O2. The van der Waals surface area contributed by atoms with Gasteiger partial charge in [0.1, 0.15) is 12.4 Å². The van der Waals surface area contributed by atoms with E-state index in [9.17, 15) is 0 Å². The summed E-state index contributed by atoms with van der Waals surface area (Å²) in [7, 11) is 0. The third kappa shape index (κ3) is 4.47. The van der Waals surface area contributed by atoms with Crippen molar-refractivity contribution in [3.8, 4) is 5.75 Å². The molecule has 0 aromatic heterocycles. The molecule has 0 radical (unpaired) electrons. The summed E-state index contributed by atoms with van der Waals surface area (Å²) in [5.74, 6) is 0.995. The third-order valence-electron chi connectivity index (χ3n) is 3.66. The number of benzene rings is 1. The van der Waals surface area contributed by atoms with Crippen LogP contribution in [-0.2, 0) is 4.74 Å². The molecule has 4 heteroatoms. The van der Waals surface area contributed by atoms with E-state index in [4.69, 9.17) is 9.47 Å². The topological polar surface area (TPSA) is 33.7 Å². The summed E-state index contributed by atoms with van der Waals surface area (Å²) in [4.78, 5) is 2.39. The molecule has 1 aromatic carbocycles. The molecule has 1 aromatic rings. The summed E-state index contributed by atoms with van der Waals surface area (Å²) < 4.78 is 11.3. The first-order valence-corrected chi connectivity index (χ1v) is 7.56. The lowest BCUT2D eigenvalue weighted by Crippen LogP contribution is -2.38. The molecule has 1 heterocycles. The van der Waals surface area contributed by atoms with Crippen molar-refractivity contribution >= 4 is 0 Å². The molecule has 0 spiro atoms. The highest BCUT2D eigenvalue weighted by Crippen LogP contribution is 2.24. The molecule has 1 atom stereocenters. The van der Waals surface area contributed by atoms with Crippen LogP contribution in [0.4, 0.5) is 0 Å². The zero-order chi connectivity index (χ0) is 14.2. The van der Waals surface area contributed by atoms with Gasteiger partial charge >= 0.3 is 0 Å². The van der Waals surface area contributed by atoms with Crippen LogP contribution in [0.15, 0.2) is 24.3 Å². The van der Waals surface area contributed by atoms with Crippen LogP contribution in [0.1, 0.15) is 25.5 Å². The Labute approximate surface area is 122 Å². The summed E-state index contributed by atoms with van der Waals surface area (Å²) in [6.45, 7) is 10.7. The Morgan fingerprint density at radius 3 is 2.80 bits per heavy atom. The average Bonchev–Trinajstić information content (AvgIpc) is 2.49. The predicted octanol–water partition coefficient (Wildman–Crippen LogP) is 2.07. The molecule has 2 rings (SSSR count). The maximum absolute atomic E-state index is 5.98. The minimum atomic E-state index is 0.319. The lowest BCUT2D eigenvalue weighted by molar-refractivity contribution is 0.0322. The van der Waals surface area contributed by atoms with Crippen LogP contribution in [0.3, 0.4) is 0 Å². The first-order valence-electron chi connectivity index (χ1n) is 7.56. The van der Waals surface area contributed by atoms with Gasteiger partial charge < -0.3 is 14.8 Å². The minimum absolute atomic E-state index is 0.319. The molecule has 0 aliphatic carbocycles. The summed E-state index contributed by atoms with van der Waals surface area (Å²) >= 11 is 0. The number of nitrogens with one attached hydrogen (secondary N) is 1. The van der Waals surface area contributed by atoms with E-state index in [1.54, 1.807) is 0 Å². The number of morpholine rings is 1. The van der Waals surface area contributed by atoms with Crippen molar-refractivity contribution in [3.63, 3.8) is 0 Å². The number of hydrogen-bond donors (Lipinski definition) is 1. The molecule has 1 saturated heterocycles.